The van der Waals surface area contributed by atoms with Crippen molar-refractivity contribution in [3.63, 3.8) is 0 Å². The number of furan rings is 2. The number of pyridine rings is 1. The molecule has 156 valence electrons. The van der Waals surface area contributed by atoms with Gasteiger partial charge in [0.05, 0.1) is 34.6 Å². The zero-order chi connectivity index (χ0) is 21.4. The van der Waals surface area contributed by atoms with Gasteiger partial charge in [-0.25, -0.2) is 0 Å². The molecule has 0 saturated carbocycles. The molecule has 2 atom stereocenters. The Hall–Kier alpha value is -2.80. The van der Waals surface area contributed by atoms with Gasteiger partial charge in [-0.15, -0.1) is 0 Å². The first kappa shape index (κ1) is 20.1. The van der Waals surface area contributed by atoms with E-state index in [1.165, 1.54) is 0 Å². The normalized spacial score (nSPS) is 18.4. The third-order valence-electron chi connectivity index (χ3n) is 5.24. The van der Waals surface area contributed by atoms with E-state index in [0.717, 1.165) is 22.8 Å². The summed E-state index contributed by atoms with van der Waals surface area (Å²) in [4.78, 5) is 6.59. The van der Waals surface area contributed by atoms with Crippen molar-refractivity contribution in [1.29, 1.82) is 0 Å². The van der Waals surface area contributed by atoms with E-state index >= 15 is 0 Å². The van der Waals surface area contributed by atoms with Crippen molar-refractivity contribution >= 4 is 40.5 Å². The summed E-state index contributed by atoms with van der Waals surface area (Å²) < 4.78 is 11.9. The molecule has 5 rings (SSSR count). The molecule has 1 aliphatic rings. The fraction of sp³-hybridized carbons (Fsp3) is 0.130. The molecule has 1 aromatic carbocycles. The van der Waals surface area contributed by atoms with E-state index in [0.29, 0.717) is 27.5 Å². The van der Waals surface area contributed by atoms with Gasteiger partial charge in [0, 0.05) is 11.8 Å². The maximum absolute atomic E-state index is 6.41. The molecule has 4 heterocycles. The van der Waals surface area contributed by atoms with Gasteiger partial charge >= 0.3 is 0 Å². The molecule has 1 aliphatic heterocycles. The monoisotopic (exact) mass is 469 g/mol. The van der Waals surface area contributed by atoms with Crippen molar-refractivity contribution in [2.45, 2.75) is 18.6 Å². The second-order valence-electron chi connectivity index (χ2n) is 7.14. The second kappa shape index (κ2) is 8.38. The number of nitrogens with zero attached hydrogens (tertiary/aromatic N) is 2. The maximum Gasteiger partial charge on any atom is 0.170 e. The summed E-state index contributed by atoms with van der Waals surface area (Å²) in [6.45, 7) is 0.501. The minimum absolute atomic E-state index is 0.183. The molecule has 4 aromatic rings. The van der Waals surface area contributed by atoms with Crippen LogP contribution in [0.4, 0.5) is 0 Å². The SMILES string of the molecule is S=C1N[C@H](c2ccccn2)[C@@H](c2ccc(-c3cccc(Cl)c3Cl)o2)N1Cc1ccco1. The molecular formula is C23H17Cl2N3O2S. The maximum atomic E-state index is 6.41. The molecule has 3 aromatic heterocycles. The molecule has 1 saturated heterocycles. The van der Waals surface area contributed by atoms with Gasteiger partial charge in [0.2, 0.25) is 0 Å². The molecule has 1 fully saturated rings. The summed E-state index contributed by atoms with van der Waals surface area (Å²) in [6, 6.07) is 18.5. The molecule has 0 unspecified atom stereocenters. The summed E-state index contributed by atoms with van der Waals surface area (Å²) >= 11 is 18.3. The summed E-state index contributed by atoms with van der Waals surface area (Å²) in [5.74, 6) is 2.18. The summed E-state index contributed by atoms with van der Waals surface area (Å²) in [5, 5.41) is 4.94. The van der Waals surface area contributed by atoms with Crippen LogP contribution in [0.1, 0.15) is 29.3 Å². The Bertz CT molecular complexity index is 1210. The first-order valence-electron chi connectivity index (χ1n) is 9.66. The van der Waals surface area contributed by atoms with Gasteiger partial charge in [-0.2, -0.15) is 0 Å². The zero-order valence-corrected chi connectivity index (χ0v) is 18.5. The number of nitrogens with one attached hydrogen (secondary N) is 1. The average molecular weight is 470 g/mol. The number of thiocarbonyl (C=S) groups is 1. The minimum Gasteiger partial charge on any atom is -0.467 e. The number of hydrogen-bond donors (Lipinski definition) is 1. The van der Waals surface area contributed by atoms with Crippen LogP contribution in [0.5, 0.6) is 0 Å². The largest absolute Gasteiger partial charge is 0.467 e. The lowest BCUT2D eigenvalue weighted by molar-refractivity contribution is 0.253. The first-order chi connectivity index (χ1) is 15.1. The number of benzene rings is 1. The highest BCUT2D eigenvalue weighted by molar-refractivity contribution is 7.80. The summed E-state index contributed by atoms with van der Waals surface area (Å²) in [7, 11) is 0. The van der Waals surface area contributed by atoms with Crippen LogP contribution in [0.2, 0.25) is 10.0 Å². The number of hydrogen-bond acceptors (Lipinski definition) is 4. The Kier molecular flexibility index (Phi) is 5.44. The number of rotatable bonds is 5. The van der Waals surface area contributed by atoms with Gasteiger partial charge in [0.1, 0.15) is 23.3 Å². The quantitative estimate of drug-likeness (QED) is 0.340. The molecule has 0 radical (unpaired) electrons. The van der Waals surface area contributed by atoms with E-state index in [2.05, 4.69) is 15.2 Å². The fourth-order valence-corrected chi connectivity index (χ4v) is 4.50. The van der Waals surface area contributed by atoms with Crippen LogP contribution in [0.15, 0.2) is 82.0 Å². The Morgan fingerprint density at radius 3 is 2.71 bits per heavy atom. The topological polar surface area (TPSA) is 54.4 Å². The molecule has 0 bridgehead atoms. The Balaban J connectivity index is 1.56. The third kappa shape index (κ3) is 3.83. The first-order valence-corrected chi connectivity index (χ1v) is 10.8. The molecular weight excluding hydrogens is 453 g/mol. The lowest BCUT2D eigenvalue weighted by Gasteiger charge is -2.25. The smallest absolute Gasteiger partial charge is 0.170 e. The van der Waals surface area contributed by atoms with Crippen LogP contribution in [0.25, 0.3) is 11.3 Å². The molecule has 0 spiro atoms. The van der Waals surface area contributed by atoms with Crippen LogP contribution < -0.4 is 5.32 Å². The standard InChI is InChI=1S/C23H17Cl2N3O2S/c24-16-7-3-6-15(20(16)25)18-9-10-19(30-18)22-21(17-8-1-2-11-26-17)27-23(31)28(22)13-14-5-4-12-29-14/h1-12,21-22H,13H2,(H,27,31)/t21-,22-/m1/s1. The van der Waals surface area contributed by atoms with Crippen LogP contribution >= 0.6 is 35.4 Å². The number of aromatic nitrogens is 1. The molecule has 0 amide bonds. The van der Waals surface area contributed by atoms with Crippen LogP contribution in [0, 0.1) is 0 Å². The lowest BCUT2D eigenvalue weighted by atomic mass is 10.0. The van der Waals surface area contributed by atoms with Crippen molar-refractivity contribution in [1.82, 2.24) is 15.2 Å². The highest BCUT2D eigenvalue weighted by Crippen LogP contribution is 2.42. The highest BCUT2D eigenvalue weighted by Gasteiger charge is 2.42. The lowest BCUT2D eigenvalue weighted by Crippen LogP contribution is -2.28. The van der Waals surface area contributed by atoms with Crippen LogP contribution in [-0.4, -0.2) is 15.0 Å². The van der Waals surface area contributed by atoms with Crippen LogP contribution in [-0.2, 0) is 6.54 Å². The summed E-state index contributed by atoms with van der Waals surface area (Å²) in [6.07, 6.45) is 3.42. The Morgan fingerprint density at radius 2 is 1.94 bits per heavy atom. The van der Waals surface area contributed by atoms with Gasteiger partial charge in [0.15, 0.2) is 5.11 Å². The predicted octanol–water partition coefficient (Wildman–Crippen LogP) is 6.41. The molecule has 31 heavy (non-hydrogen) atoms. The Labute approximate surface area is 194 Å². The Morgan fingerprint density at radius 1 is 1.03 bits per heavy atom. The van der Waals surface area contributed by atoms with E-state index in [-0.39, 0.29) is 12.1 Å². The third-order valence-corrected chi connectivity index (χ3v) is 6.41. The number of halogens is 2. The van der Waals surface area contributed by atoms with Crippen LogP contribution in [0.3, 0.4) is 0 Å². The zero-order valence-electron chi connectivity index (χ0n) is 16.2. The molecule has 1 N–H and O–H groups in total. The van der Waals surface area contributed by atoms with E-state index in [1.54, 1.807) is 18.5 Å². The second-order valence-corrected chi connectivity index (χ2v) is 8.31. The van der Waals surface area contributed by atoms with Gasteiger partial charge < -0.3 is 19.1 Å². The van der Waals surface area contributed by atoms with Gasteiger partial charge in [-0.1, -0.05) is 35.3 Å². The molecule has 0 aliphatic carbocycles. The van der Waals surface area contributed by atoms with Crippen molar-refractivity contribution in [2.75, 3.05) is 0 Å². The fourth-order valence-electron chi connectivity index (χ4n) is 3.81. The molecule has 5 nitrogen and oxygen atoms in total. The predicted molar refractivity (Wildman–Crippen MR) is 124 cm³/mol. The van der Waals surface area contributed by atoms with E-state index < -0.39 is 0 Å². The van der Waals surface area contributed by atoms with E-state index in [9.17, 15) is 0 Å². The van der Waals surface area contributed by atoms with Crippen molar-refractivity contribution in [3.8, 4) is 11.3 Å². The van der Waals surface area contributed by atoms with E-state index in [1.807, 2.05) is 54.6 Å². The average Bonchev–Trinajstić information content (AvgIpc) is 3.52. The van der Waals surface area contributed by atoms with Crippen molar-refractivity contribution < 1.29 is 8.83 Å². The van der Waals surface area contributed by atoms with Crippen molar-refractivity contribution in [3.05, 3.63) is 100 Å². The minimum atomic E-state index is -0.223. The highest BCUT2D eigenvalue weighted by atomic mass is 35.5. The molecule has 8 heteroatoms. The van der Waals surface area contributed by atoms with Gasteiger partial charge in [-0.3, -0.25) is 4.98 Å². The van der Waals surface area contributed by atoms with Gasteiger partial charge in [-0.05, 0) is 60.7 Å². The van der Waals surface area contributed by atoms with Crippen molar-refractivity contribution in [2.24, 2.45) is 0 Å². The summed E-state index contributed by atoms with van der Waals surface area (Å²) in [5.41, 5.74) is 1.61. The van der Waals surface area contributed by atoms with E-state index in [4.69, 9.17) is 44.3 Å². The van der Waals surface area contributed by atoms with Gasteiger partial charge in [0.25, 0.3) is 0 Å².